The Balaban J connectivity index is 3.28. The zero-order valence-corrected chi connectivity index (χ0v) is 8.95. The first-order valence-electron chi connectivity index (χ1n) is 3.29. The summed E-state index contributed by atoms with van der Waals surface area (Å²) in [6.07, 6.45) is 0. The van der Waals surface area contributed by atoms with Gasteiger partial charge >= 0.3 is 5.97 Å². The smallest absolute Gasteiger partial charge is 0.340 e. The number of ether oxygens (including phenoxy) is 1. The lowest BCUT2D eigenvalue weighted by molar-refractivity contribution is 0.0595. The second-order valence-electron chi connectivity index (χ2n) is 2.24. The van der Waals surface area contributed by atoms with Gasteiger partial charge in [0.25, 0.3) is 0 Å². The average Bonchev–Trinajstić information content (AvgIpc) is 2.10. The lowest BCUT2D eigenvalue weighted by Gasteiger charge is -2.03. The summed E-state index contributed by atoms with van der Waals surface area (Å²) in [4.78, 5) is 11.0. The van der Waals surface area contributed by atoms with Crippen LogP contribution in [-0.2, 0) is 4.74 Å². The first kappa shape index (κ1) is 10.5. The Morgan fingerprint density at radius 2 is 2.23 bits per heavy atom. The molecule has 0 aliphatic rings. The van der Waals surface area contributed by atoms with E-state index in [4.69, 9.17) is 11.6 Å². The fourth-order valence-electron chi connectivity index (χ4n) is 0.814. The first-order chi connectivity index (χ1) is 6.06. The number of hydrogen-bond donors (Lipinski definition) is 0. The van der Waals surface area contributed by atoms with Crippen LogP contribution in [0.15, 0.2) is 16.6 Å². The molecule has 0 N–H and O–H groups in total. The van der Waals surface area contributed by atoms with Gasteiger partial charge in [-0.15, -0.1) is 0 Å². The highest BCUT2D eigenvalue weighted by Crippen LogP contribution is 2.24. The van der Waals surface area contributed by atoms with E-state index in [0.717, 1.165) is 0 Å². The van der Waals surface area contributed by atoms with E-state index in [2.05, 4.69) is 20.7 Å². The van der Waals surface area contributed by atoms with E-state index in [-0.39, 0.29) is 15.1 Å². The van der Waals surface area contributed by atoms with Crippen molar-refractivity contribution in [3.05, 3.63) is 33.0 Å². The molecule has 0 radical (unpaired) electrons. The van der Waals surface area contributed by atoms with Crippen molar-refractivity contribution in [1.29, 1.82) is 0 Å². The van der Waals surface area contributed by atoms with Gasteiger partial charge in [0, 0.05) is 5.02 Å². The Bertz CT molecular complexity index is 354. The topological polar surface area (TPSA) is 26.3 Å². The Labute approximate surface area is 87.8 Å². The van der Waals surface area contributed by atoms with Crippen LogP contribution in [0.4, 0.5) is 4.39 Å². The highest BCUT2D eigenvalue weighted by Gasteiger charge is 2.15. The molecule has 0 unspecified atom stereocenters. The van der Waals surface area contributed by atoms with Crippen molar-refractivity contribution in [2.75, 3.05) is 7.11 Å². The van der Waals surface area contributed by atoms with Gasteiger partial charge in [-0.25, -0.2) is 9.18 Å². The van der Waals surface area contributed by atoms with Crippen molar-refractivity contribution in [3.63, 3.8) is 0 Å². The fraction of sp³-hybridized carbons (Fsp3) is 0.125. The van der Waals surface area contributed by atoms with Crippen LogP contribution in [0.3, 0.4) is 0 Å². The van der Waals surface area contributed by atoms with Gasteiger partial charge in [-0.2, -0.15) is 0 Å². The largest absolute Gasteiger partial charge is 0.465 e. The summed E-state index contributed by atoms with van der Waals surface area (Å²) < 4.78 is 17.7. The molecule has 0 bridgehead atoms. The van der Waals surface area contributed by atoms with Crippen LogP contribution < -0.4 is 0 Å². The molecule has 1 rings (SSSR count). The predicted molar refractivity (Wildman–Crippen MR) is 50.4 cm³/mol. The van der Waals surface area contributed by atoms with Crippen molar-refractivity contribution in [1.82, 2.24) is 0 Å². The van der Waals surface area contributed by atoms with Gasteiger partial charge in [-0.3, -0.25) is 0 Å². The van der Waals surface area contributed by atoms with E-state index in [1.807, 2.05) is 0 Å². The second kappa shape index (κ2) is 4.07. The molecule has 0 saturated carbocycles. The third-order valence-electron chi connectivity index (χ3n) is 1.40. The van der Waals surface area contributed by atoms with E-state index < -0.39 is 11.8 Å². The minimum absolute atomic E-state index is 0.139. The molecule has 0 fully saturated rings. The summed E-state index contributed by atoms with van der Waals surface area (Å²) in [5.74, 6) is -1.42. The van der Waals surface area contributed by atoms with E-state index in [1.165, 1.54) is 19.2 Å². The van der Waals surface area contributed by atoms with Gasteiger partial charge < -0.3 is 4.74 Å². The predicted octanol–water partition coefficient (Wildman–Crippen LogP) is 3.03. The third kappa shape index (κ3) is 2.19. The highest BCUT2D eigenvalue weighted by molar-refractivity contribution is 9.10. The Morgan fingerprint density at radius 1 is 1.62 bits per heavy atom. The molecule has 1 aromatic carbocycles. The maximum absolute atomic E-state index is 13.2. The van der Waals surface area contributed by atoms with Crippen LogP contribution in [0.25, 0.3) is 0 Å². The van der Waals surface area contributed by atoms with Crippen LogP contribution in [-0.4, -0.2) is 13.1 Å². The number of carbonyl (C=O) groups is 1. The third-order valence-corrected chi connectivity index (χ3v) is 2.19. The van der Waals surface area contributed by atoms with E-state index in [9.17, 15) is 9.18 Å². The molecular weight excluding hydrogens is 262 g/mol. The maximum atomic E-state index is 13.2. The van der Waals surface area contributed by atoms with E-state index >= 15 is 0 Å². The number of carbonyl (C=O) groups excluding carboxylic acids is 1. The molecule has 0 spiro atoms. The zero-order chi connectivity index (χ0) is 10.0. The first-order valence-corrected chi connectivity index (χ1v) is 4.46. The molecule has 0 aliphatic heterocycles. The van der Waals surface area contributed by atoms with Gasteiger partial charge in [0.05, 0.1) is 17.1 Å². The number of methoxy groups -OCH3 is 1. The van der Waals surface area contributed by atoms with Crippen LogP contribution in [0.2, 0.25) is 5.02 Å². The van der Waals surface area contributed by atoms with E-state index in [1.54, 1.807) is 0 Å². The number of esters is 1. The number of benzene rings is 1. The molecule has 0 aromatic heterocycles. The zero-order valence-electron chi connectivity index (χ0n) is 6.61. The highest BCUT2D eigenvalue weighted by atomic mass is 79.9. The summed E-state index contributed by atoms with van der Waals surface area (Å²) in [5, 5.41) is 0.272. The Kier molecular flexibility index (Phi) is 3.27. The summed E-state index contributed by atoms with van der Waals surface area (Å²) in [7, 11) is 1.18. The minimum Gasteiger partial charge on any atom is -0.465 e. The number of hydrogen-bond acceptors (Lipinski definition) is 2. The number of halogens is 3. The molecule has 70 valence electrons. The lowest BCUT2D eigenvalue weighted by Crippen LogP contribution is -2.04. The van der Waals surface area contributed by atoms with Crippen molar-refractivity contribution in [2.45, 2.75) is 0 Å². The van der Waals surface area contributed by atoms with Crippen LogP contribution >= 0.6 is 27.5 Å². The molecule has 0 amide bonds. The van der Waals surface area contributed by atoms with Gasteiger partial charge in [-0.1, -0.05) is 11.6 Å². The summed E-state index contributed by atoms with van der Waals surface area (Å²) in [6.45, 7) is 0. The molecule has 13 heavy (non-hydrogen) atoms. The van der Waals surface area contributed by atoms with Crippen molar-refractivity contribution in [2.24, 2.45) is 0 Å². The van der Waals surface area contributed by atoms with Crippen LogP contribution in [0.5, 0.6) is 0 Å². The van der Waals surface area contributed by atoms with Gasteiger partial charge in [0.2, 0.25) is 0 Å². The molecular formula is C8H5BrClFO2. The molecule has 0 saturated heterocycles. The molecule has 0 atom stereocenters. The lowest BCUT2D eigenvalue weighted by atomic mass is 10.2. The van der Waals surface area contributed by atoms with Gasteiger partial charge in [0.15, 0.2) is 5.82 Å². The van der Waals surface area contributed by atoms with Crippen LogP contribution in [0, 0.1) is 5.82 Å². The summed E-state index contributed by atoms with van der Waals surface area (Å²) in [6, 6.07) is 2.58. The van der Waals surface area contributed by atoms with Crippen molar-refractivity contribution in [3.8, 4) is 0 Å². The standard InChI is InChI=1S/C8H5BrClFO2/c1-13-8(12)5-2-4(10)3-6(9)7(5)11/h2-3H,1H3. The normalized spacial score (nSPS) is 9.85. The molecule has 1 aromatic rings. The Morgan fingerprint density at radius 3 is 2.77 bits per heavy atom. The minimum atomic E-state index is -0.749. The monoisotopic (exact) mass is 266 g/mol. The van der Waals surface area contributed by atoms with Gasteiger partial charge in [-0.05, 0) is 28.1 Å². The summed E-state index contributed by atoms with van der Waals surface area (Å²) >= 11 is 8.55. The van der Waals surface area contributed by atoms with Gasteiger partial charge in [0.1, 0.15) is 0 Å². The van der Waals surface area contributed by atoms with Crippen molar-refractivity contribution < 1.29 is 13.9 Å². The maximum Gasteiger partial charge on any atom is 0.340 e. The molecule has 2 nitrogen and oxygen atoms in total. The van der Waals surface area contributed by atoms with E-state index in [0.29, 0.717) is 0 Å². The Hall–Kier alpha value is -0.610. The fourth-order valence-corrected chi connectivity index (χ4v) is 1.62. The second-order valence-corrected chi connectivity index (χ2v) is 3.53. The van der Waals surface area contributed by atoms with Crippen molar-refractivity contribution >= 4 is 33.5 Å². The van der Waals surface area contributed by atoms with Crippen LogP contribution in [0.1, 0.15) is 10.4 Å². The summed E-state index contributed by atoms with van der Waals surface area (Å²) in [5.41, 5.74) is -0.179. The quantitative estimate of drug-likeness (QED) is 0.577. The SMILES string of the molecule is COC(=O)c1cc(Cl)cc(Br)c1F. The molecule has 0 aliphatic carbocycles. The number of rotatable bonds is 1. The average molecular weight is 267 g/mol. The molecule has 5 heteroatoms. The molecule has 0 heterocycles.